The maximum Gasteiger partial charge on any atom is 0.257 e. The highest BCUT2D eigenvalue weighted by Crippen LogP contribution is 2.31. The average Bonchev–Trinajstić information content (AvgIpc) is 2.78. The van der Waals surface area contributed by atoms with E-state index in [0.717, 1.165) is 9.94 Å². The SMILES string of the molecule is O=S1(=O)CCN2N=C(SCc3ccc(F)cc3)SC2=N1. The summed E-state index contributed by atoms with van der Waals surface area (Å²) in [6, 6.07) is 6.27. The number of hydrogen-bond acceptors (Lipinski definition) is 6. The van der Waals surface area contributed by atoms with Gasteiger partial charge in [0.15, 0.2) is 4.38 Å². The Morgan fingerprint density at radius 3 is 2.85 bits per heavy atom. The molecule has 20 heavy (non-hydrogen) atoms. The average molecular weight is 331 g/mol. The minimum absolute atomic E-state index is 0.00350. The monoisotopic (exact) mass is 331 g/mol. The first-order valence-electron chi connectivity index (χ1n) is 5.76. The van der Waals surface area contributed by atoms with Crippen molar-refractivity contribution in [2.24, 2.45) is 9.50 Å². The van der Waals surface area contributed by atoms with Crippen LogP contribution in [0.5, 0.6) is 0 Å². The van der Waals surface area contributed by atoms with Gasteiger partial charge in [0.2, 0.25) is 5.17 Å². The molecule has 0 N–H and O–H groups in total. The van der Waals surface area contributed by atoms with E-state index in [1.165, 1.54) is 35.7 Å². The Morgan fingerprint density at radius 1 is 1.35 bits per heavy atom. The third-order valence-electron chi connectivity index (χ3n) is 2.66. The van der Waals surface area contributed by atoms with Crippen LogP contribution in [-0.4, -0.2) is 35.3 Å². The second-order valence-electron chi connectivity index (χ2n) is 4.17. The lowest BCUT2D eigenvalue weighted by molar-refractivity contribution is 0.474. The quantitative estimate of drug-likeness (QED) is 0.830. The highest BCUT2D eigenvalue weighted by molar-refractivity contribution is 8.45. The van der Waals surface area contributed by atoms with Crippen LogP contribution in [0.25, 0.3) is 0 Å². The summed E-state index contributed by atoms with van der Waals surface area (Å²) in [6.45, 7) is 0.342. The molecule has 0 saturated heterocycles. The van der Waals surface area contributed by atoms with Gasteiger partial charge in [0.25, 0.3) is 10.0 Å². The fourth-order valence-electron chi connectivity index (χ4n) is 1.65. The van der Waals surface area contributed by atoms with E-state index in [-0.39, 0.29) is 11.6 Å². The van der Waals surface area contributed by atoms with Crippen LogP contribution in [0.15, 0.2) is 33.8 Å². The number of rotatable bonds is 2. The molecule has 2 heterocycles. The predicted molar refractivity (Wildman–Crippen MR) is 80.6 cm³/mol. The predicted octanol–water partition coefficient (Wildman–Crippen LogP) is 2.08. The molecule has 0 amide bonds. The van der Waals surface area contributed by atoms with E-state index in [0.29, 0.717) is 17.5 Å². The van der Waals surface area contributed by atoms with E-state index in [2.05, 4.69) is 9.50 Å². The molecule has 1 aromatic rings. The summed E-state index contributed by atoms with van der Waals surface area (Å²) >= 11 is 2.74. The lowest BCUT2D eigenvalue weighted by Gasteiger charge is -2.16. The van der Waals surface area contributed by atoms with E-state index in [1.807, 2.05) is 0 Å². The van der Waals surface area contributed by atoms with Crippen molar-refractivity contribution in [1.82, 2.24) is 5.01 Å². The van der Waals surface area contributed by atoms with Gasteiger partial charge >= 0.3 is 0 Å². The van der Waals surface area contributed by atoms with Crippen LogP contribution in [0, 0.1) is 5.82 Å². The maximum atomic E-state index is 12.8. The highest BCUT2D eigenvalue weighted by atomic mass is 32.2. The van der Waals surface area contributed by atoms with Gasteiger partial charge in [-0.25, -0.2) is 17.8 Å². The number of benzene rings is 1. The molecule has 106 valence electrons. The van der Waals surface area contributed by atoms with Crippen LogP contribution in [0.3, 0.4) is 0 Å². The van der Waals surface area contributed by atoms with Gasteiger partial charge in [0, 0.05) is 5.75 Å². The summed E-state index contributed by atoms with van der Waals surface area (Å²) in [5.41, 5.74) is 0.985. The van der Waals surface area contributed by atoms with E-state index in [1.54, 1.807) is 17.1 Å². The molecule has 0 spiro atoms. The topological polar surface area (TPSA) is 62.1 Å². The Bertz CT molecular complexity index is 685. The van der Waals surface area contributed by atoms with Crippen LogP contribution >= 0.6 is 23.5 Å². The van der Waals surface area contributed by atoms with E-state index in [9.17, 15) is 12.8 Å². The first kappa shape index (κ1) is 13.9. The zero-order valence-electron chi connectivity index (χ0n) is 10.2. The van der Waals surface area contributed by atoms with Crippen LogP contribution in [0.1, 0.15) is 5.56 Å². The molecule has 2 aliphatic rings. The Hall–Kier alpha value is -1.06. The van der Waals surface area contributed by atoms with Gasteiger partial charge in [-0.1, -0.05) is 23.9 Å². The van der Waals surface area contributed by atoms with Crippen LogP contribution in [-0.2, 0) is 15.8 Å². The first-order valence-corrected chi connectivity index (χ1v) is 9.17. The maximum absolute atomic E-state index is 12.8. The number of hydrogen-bond donors (Lipinski definition) is 0. The molecule has 0 saturated carbocycles. The summed E-state index contributed by atoms with van der Waals surface area (Å²) in [5.74, 6) is 0.388. The number of nitrogens with zero attached hydrogens (tertiary/aromatic N) is 3. The van der Waals surface area contributed by atoms with Gasteiger partial charge in [-0.05, 0) is 29.5 Å². The van der Waals surface area contributed by atoms with E-state index in [4.69, 9.17) is 0 Å². The second kappa shape index (κ2) is 5.38. The number of amidine groups is 1. The van der Waals surface area contributed by atoms with Gasteiger partial charge in [0.05, 0.1) is 12.3 Å². The molecule has 0 bridgehead atoms. The zero-order chi connectivity index (χ0) is 14.2. The smallest absolute Gasteiger partial charge is 0.239 e. The first-order chi connectivity index (χ1) is 9.52. The second-order valence-corrected chi connectivity index (χ2v) is 8.10. The lowest BCUT2D eigenvalue weighted by atomic mass is 10.2. The highest BCUT2D eigenvalue weighted by Gasteiger charge is 2.30. The number of thioether (sulfide) groups is 2. The summed E-state index contributed by atoms with van der Waals surface area (Å²) < 4.78 is 40.0. The number of hydrazone groups is 1. The van der Waals surface area contributed by atoms with Crippen LogP contribution in [0.2, 0.25) is 0 Å². The molecule has 3 rings (SSSR count). The van der Waals surface area contributed by atoms with Crippen molar-refractivity contribution in [3.63, 3.8) is 0 Å². The fourth-order valence-corrected chi connectivity index (χ4v) is 4.78. The minimum Gasteiger partial charge on any atom is -0.239 e. The van der Waals surface area contributed by atoms with Gasteiger partial charge in [0.1, 0.15) is 5.82 Å². The molecular formula is C11H10FN3O2S3. The summed E-state index contributed by atoms with van der Waals surface area (Å²) in [6.07, 6.45) is 0. The molecular weight excluding hydrogens is 321 g/mol. The molecule has 2 aliphatic heterocycles. The molecule has 0 radical (unpaired) electrons. The van der Waals surface area contributed by atoms with Crippen molar-refractivity contribution in [2.75, 3.05) is 12.3 Å². The largest absolute Gasteiger partial charge is 0.257 e. The number of halogens is 1. The molecule has 1 aromatic carbocycles. The molecule has 5 nitrogen and oxygen atoms in total. The Morgan fingerprint density at radius 2 is 2.10 bits per heavy atom. The molecule has 9 heteroatoms. The standard InChI is InChI=1S/C11H10FN3O2S3/c12-9-3-1-8(2-4-9)7-18-11-13-15-5-6-20(16,17)14-10(15)19-11/h1-4H,5-7H2. The van der Waals surface area contributed by atoms with Crippen molar-refractivity contribution in [3.05, 3.63) is 35.6 Å². The molecule has 0 atom stereocenters. The van der Waals surface area contributed by atoms with Crippen molar-refractivity contribution in [2.45, 2.75) is 5.75 Å². The fraction of sp³-hybridized carbons (Fsp3) is 0.273. The normalized spacial score (nSPS) is 20.4. The van der Waals surface area contributed by atoms with Crippen molar-refractivity contribution in [1.29, 1.82) is 0 Å². The Labute approximate surface area is 124 Å². The van der Waals surface area contributed by atoms with Crippen molar-refractivity contribution >= 4 is 43.1 Å². The zero-order valence-corrected chi connectivity index (χ0v) is 12.6. The van der Waals surface area contributed by atoms with Crippen molar-refractivity contribution < 1.29 is 12.8 Å². The number of sulfonamides is 1. The lowest BCUT2D eigenvalue weighted by Crippen LogP contribution is -2.31. The Kier molecular flexibility index (Phi) is 3.74. The molecule has 0 unspecified atom stereocenters. The van der Waals surface area contributed by atoms with Crippen LogP contribution < -0.4 is 0 Å². The van der Waals surface area contributed by atoms with Gasteiger partial charge < -0.3 is 0 Å². The van der Waals surface area contributed by atoms with E-state index < -0.39 is 10.0 Å². The van der Waals surface area contributed by atoms with Gasteiger partial charge in [-0.15, -0.1) is 4.40 Å². The Balaban J connectivity index is 1.65. The molecule has 0 aliphatic carbocycles. The molecule has 0 fully saturated rings. The molecule has 0 aromatic heterocycles. The summed E-state index contributed by atoms with van der Waals surface area (Å²) in [5, 5.41) is 6.34. The van der Waals surface area contributed by atoms with E-state index >= 15 is 0 Å². The third kappa shape index (κ3) is 3.15. The van der Waals surface area contributed by atoms with Gasteiger partial charge in [-0.3, -0.25) is 0 Å². The third-order valence-corrected chi connectivity index (χ3v) is 6.07. The van der Waals surface area contributed by atoms with Crippen LogP contribution in [0.4, 0.5) is 4.39 Å². The number of fused-ring (bicyclic) bond motifs is 1. The van der Waals surface area contributed by atoms with Gasteiger partial charge in [-0.2, -0.15) is 5.10 Å². The minimum atomic E-state index is -3.33. The summed E-state index contributed by atoms with van der Waals surface area (Å²) in [4.78, 5) is 0. The van der Waals surface area contributed by atoms with Crippen molar-refractivity contribution in [3.8, 4) is 0 Å². The summed E-state index contributed by atoms with van der Waals surface area (Å²) in [7, 11) is -3.33.